The summed E-state index contributed by atoms with van der Waals surface area (Å²) < 4.78 is 4.63. The smallest absolute Gasteiger partial charge is 0.328 e. The SMILES string of the molecule is COC(=O)[C@H](CCC(=O)O)NC(=O)c1ccc(CCc2c[nH]c3nc(N)[nH]c(=O)c23)cc1.[Na]. The Labute approximate surface area is 210 Å². The van der Waals surface area contributed by atoms with Gasteiger partial charge < -0.3 is 25.9 Å². The van der Waals surface area contributed by atoms with Gasteiger partial charge in [-0.05, 0) is 42.5 Å². The molecular formula is C21H23N5NaO6. The van der Waals surface area contributed by atoms with Gasteiger partial charge in [-0.25, -0.2) is 4.79 Å². The van der Waals surface area contributed by atoms with Crippen LogP contribution >= 0.6 is 0 Å². The Kier molecular flexibility index (Phi) is 9.21. The molecule has 169 valence electrons. The Hall–Kier alpha value is -3.15. The molecule has 1 amide bonds. The number of nitrogens with two attached hydrogens (primary N) is 1. The summed E-state index contributed by atoms with van der Waals surface area (Å²) in [6.45, 7) is 0. The number of aliphatic carboxylic acids is 1. The average molecular weight is 464 g/mol. The van der Waals surface area contributed by atoms with E-state index >= 15 is 0 Å². The number of carboxylic acid groups (broad SMARTS) is 1. The fraction of sp³-hybridized carbons (Fsp3) is 0.286. The number of esters is 1. The number of nitrogens with zero attached hydrogens (tertiary/aromatic N) is 1. The first kappa shape index (κ1) is 26.1. The molecule has 0 unspecified atom stereocenters. The number of fused-ring (bicyclic) bond motifs is 1. The van der Waals surface area contributed by atoms with Gasteiger partial charge in [0.1, 0.15) is 11.7 Å². The van der Waals surface area contributed by atoms with E-state index in [-0.39, 0.29) is 53.9 Å². The molecule has 12 heteroatoms. The summed E-state index contributed by atoms with van der Waals surface area (Å²) in [5.41, 5.74) is 7.73. The van der Waals surface area contributed by atoms with Crippen molar-refractivity contribution in [3.63, 3.8) is 0 Å². The largest absolute Gasteiger partial charge is 0.481 e. The summed E-state index contributed by atoms with van der Waals surface area (Å²) in [7, 11) is 1.17. The maximum atomic E-state index is 12.5. The zero-order valence-electron chi connectivity index (χ0n) is 18.3. The van der Waals surface area contributed by atoms with E-state index in [1.807, 2.05) is 0 Å². The predicted octanol–water partition coefficient (Wildman–Crippen LogP) is 0.374. The molecule has 6 N–H and O–H groups in total. The second-order valence-corrected chi connectivity index (χ2v) is 7.17. The van der Waals surface area contributed by atoms with Crippen LogP contribution in [0, 0.1) is 0 Å². The molecule has 0 bridgehead atoms. The number of hydrogen-bond acceptors (Lipinski definition) is 7. The Morgan fingerprint density at radius 2 is 1.91 bits per heavy atom. The molecule has 0 saturated heterocycles. The molecule has 0 fully saturated rings. The van der Waals surface area contributed by atoms with Gasteiger partial charge >= 0.3 is 11.9 Å². The van der Waals surface area contributed by atoms with Crippen LogP contribution in [0.25, 0.3) is 11.0 Å². The van der Waals surface area contributed by atoms with Crippen LogP contribution in [0.2, 0.25) is 0 Å². The molecule has 2 heterocycles. The van der Waals surface area contributed by atoms with Crippen LogP contribution < -0.4 is 16.6 Å². The van der Waals surface area contributed by atoms with Crippen LogP contribution in [0.3, 0.4) is 0 Å². The summed E-state index contributed by atoms with van der Waals surface area (Å²) in [5.74, 6) is -2.25. The molecule has 0 aliphatic rings. The molecule has 0 saturated carbocycles. The molecule has 11 nitrogen and oxygen atoms in total. The number of carbonyl (C=O) groups excluding carboxylic acids is 2. The number of hydrogen-bond donors (Lipinski definition) is 5. The molecule has 0 spiro atoms. The van der Waals surface area contributed by atoms with Gasteiger partial charge in [0, 0.05) is 47.7 Å². The molecular weight excluding hydrogens is 441 g/mol. The summed E-state index contributed by atoms with van der Waals surface area (Å²) in [6, 6.07) is 5.72. The second-order valence-electron chi connectivity index (χ2n) is 7.17. The van der Waals surface area contributed by atoms with E-state index in [4.69, 9.17) is 10.8 Å². The maximum Gasteiger partial charge on any atom is 0.328 e. The number of anilines is 1. The van der Waals surface area contributed by atoms with Crippen molar-refractivity contribution < 1.29 is 24.2 Å². The fourth-order valence-electron chi connectivity index (χ4n) is 3.32. The Bertz CT molecular complexity index is 1200. The Morgan fingerprint density at radius 1 is 1.21 bits per heavy atom. The minimum absolute atomic E-state index is 0. The fourth-order valence-corrected chi connectivity index (χ4v) is 3.32. The first-order valence-electron chi connectivity index (χ1n) is 9.83. The van der Waals surface area contributed by atoms with Crippen molar-refractivity contribution in [2.75, 3.05) is 12.8 Å². The van der Waals surface area contributed by atoms with Crippen LogP contribution in [-0.4, -0.2) is 80.6 Å². The van der Waals surface area contributed by atoms with Gasteiger partial charge in [0.05, 0.1) is 12.5 Å². The third-order valence-electron chi connectivity index (χ3n) is 4.98. The minimum atomic E-state index is -1.08. The summed E-state index contributed by atoms with van der Waals surface area (Å²) in [4.78, 5) is 56.7. The second kappa shape index (κ2) is 11.6. The number of aryl methyl sites for hydroxylation is 2. The molecule has 2 aromatic heterocycles. The van der Waals surface area contributed by atoms with Gasteiger partial charge in [0.15, 0.2) is 0 Å². The number of carbonyl (C=O) groups is 3. The van der Waals surface area contributed by atoms with E-state index in [2.05, 4.69) is 25.0 Å². The van der Waals surface area contributed by atoms with Crippen LogP contribution in [0.4, 0.5) is 5.95 Å². The zero-order chi connectivity index (χ0) is 23.3. The number of nitrogens with one attached hydrogen (secondary N) is 3. The minimum Gasteiger partial charge on any atom is -0.481 e. The molecule has 1 radical (unpaired) electrons. The van der Waals surface area contributed by atoms with Crippen molar-refractivity contribution in [2.45, 2.75) is 31.7 Å². The third-order valence-corrected chi connectivity index (χ3v) is 4.98. The van der Waals surface area contributed by atoms with Crippen LogP contribution in [0.15, 0.2) is 35.3 Å². The van der Waals surface area contributed by atoms with Crippen molar-refractivity contribution in [1.82, 2.24) is 20.3 Å². The average Bonchev–Trinajstić information content (AvgIpc) is 3.17. The van der Waals surface area contributed by atoms with Crippen LogP contribution in [-0.2, 0) is 27.2 Å². The van der Waals surface area contributed by atoms with E-state index in [9.17, 15) is 19.2 Å². The van der Waals surface area contributed by atoms with Gasteiger partial charge in [-0.2, -0.15) is 4.98 Å². The number of benzene rings is 1. The van der Waals surface area contributed by atoms with Crippen molar-refractivity contribution in [1.29, 1.82) is 0 Å². The number of rotatable bonds is 9. The molecule has 3 rings (SSSR count). The molecule has 0 aliphatic carbocycles. The van der Waals surface area contributed by atoms with Gasteiger partial charge in [-0.15, -0.1) is 0 Å². The Balaban J connectivity index is 0.00000385. The molecule has 1 aromatic carbocycles. The predicted molar refractivity (Wildman–Crippen MR) is 121 cm³/mol. The first-order valence-corrected chi connectivity index (χ1v) is 9.83. The van der Waals surface area contributed by atoms with Gasteiger partial charge in [-0.3, -0.25) is 19.4 Å². The van der Waals surface area contributed by atoms with Gasteiger partial charge in [0.25, 0.3) is 11.5 Å². The monoisotopic (exact) mass is 464 g/mol. The first-order chi connectivity index (χ1) is 15.3. The van der Waals surface area contributed by atoms with Crippen LogP contribution in [0.5, 0.6) is 0 Å². The zero-order valence-corrected chi connectivity index (χ0v) is 20.3. The van der Waals surface area contributed by atoms with Crippen molar-refractivity contribution in [3.8, 4) is 0 Å². The standard InChI is InChI=1S/C21H23N5O6.Na/c1-32-20(31)14(8-9-15(27)28)24-18(29)12-5-2-11(3-6-12)4-7-13-10-23-17-16(13)19(30)26-21(22)25-17;/h2-3,5-6,10,14H,4,7-9H2,1H3,(H,24,29)(H,27,28)(H4,22,23,25,26,30);/t14-;/m0./s1. The third kappa shape index (κ3) is 6.67. The van der Waals surface area contributed by atoms with E-state index in [0.29, 0.717) is 29.4 Å². The molecule has 0 aliphatic heterocycles. The van der Waals surface area contributed by atoms with E-state index in [0.717, 1.165) is 11.1 Å². The number of nitrogen functional groups attached to an aromatic ring is 1. The van der Waals surface area contributed by atoms with Crippen LogP contribution in [0.1, 0.15) is 34.3 Å². The quantitative estimate of drug-likeness (QED) is 0.222. The van der Waals surface area contributed by atoms with E-state index in [1.165, 1.54) is 7.11 Å². The summed E-state index contributed by atoms with van der Waals surface area (Å²) in [5, 5.41) is 11.8. The van der Waals surface area contributed by atoms with Crippen molar-refractivity contribution in [2.24, 2.45) is 0 Å². The number of amides is 1. The van der Waals surface area contributed by atoms with E-state index in [1.54, 1.807) is 30.5 Å². The van der Waals surface area contributed by atoms with E-state index < -0.39 is 23.9 Å². The number of methoxy groups -OCH3 is 1. The molecule has 3 aromatic rings. The number of H-pyrrole nitrogens is 2. The number of ether oxygens (including phenoxy) is 1. The topological polar surface area (TPSA) is 180 Å². The van der Waals surface area contributed by atoms with Crippen molar-refractivity contribution in [3.05, 3.63) is 57.5 Å². The number of carboxylic acids is 1. The van der Waals surface area contributed by atoms with Crippen molar-refractivity contribution >= 4 is 64.4 Å². The number of aromatic amines is 2. The van der Waals surface area contributed by atoms with Gasteiger partial charge in [0.2, 0.25) is 5.95 Å². The molecule has 1 atom stereocenters. The van der Waals surface area contributed by atoms with Gasteiger partial charge in [-0.1, -0.05) is 12.1 Å². The summed E-state index contributed by atoms with van der Waals surface area (Å²) >= 11 is 0. The number of aromatic nitrogens is 3. The summed E-state index contributed by atoms with van der Waals surface area (Å²) in [6.07, 6.45) is 2.55. The normalized spacial score (nSPS) is 11.4. The maximum absolute atomic E-state index is 12.5. The molecule has 33 heavy (non-hydrogen) atoms. The Morgan fingerprint density at radius 3 is 2.55 bits per heavy atom.